The Balaban J connectivity index is 2.14. The van der Waals surface area contributed by atoms with Crippen molar-refractivity contribution in [2.45, 2.75) is 18.4 Å². The lowest BCUT2D eigenvalue weighted by Crippen LogP contribution is -2.62. The SMILES string of the molecule is O=C1CNC(=O)C2(c3ccccc3)CCCN12. The first-order valence-corrected chi connectivity index (χ1v) is 5.89. The highest BCUT2D eigenvalue weighted by Crippen LogP contribution is 2.40. The Morgan fingerprint density at radius 2 is 1.94 bits per heavy atom. The molecule has 4 nitrogen and oxygen atoms in total. The largest absolute Gasteiger partial charge is 0.345 e. The number of nitrogens with one attached hydrogen (secondary N) is 1. The van der Waals surface area contributed by atoms with Gasteiger partial charge in [-0.3, -0.25) is 9.59 Å². The van der Waals surface area contributed by atoms with Crippen LogP contribution in [0.3, 0.4) is 0 Å². The van der Waals surface area contributed by atoms with Gasteiger partial charge in [0.15, 0.2) is 0 Å². The number of rotatable bonds is 1. The van der Waals surface area contributed by atoms with Gasteiger partial charge in [0, 0.05) is 6.54 Å². The van der Waals surface area contributed by atoms with Crippen LogP contribution in [-0.2, 0) is 15.1 Å². The molecule has 2 fully saturated rings. The molecule has 0 aromatic heterocycles. The average Bonchev–Trinajstić information content (AvgIpc) is 2.82. The van der Waals surface area contributed by atoms with Gasteiger partial charge < -0.3 is 10.2 Å². The summed E-state index contributed by atoms with van der Waals surface area (Å²) in [4.78, 5) is 25.9. The highest BCUT2D eigenvalue weighted by atomic mass is 16.2. The molecule has 0 saturated carbocycles. The lowest BCUT2D eigenvalue weighted by atomic mass is 9.85. The number of piperazine rings is 1. The fourth-order valence-electron chi connectivity index (χ4n) is 2.94. The summed E-state index contributed by atoms with van der Waals surface area (Å²) in [6, 6.07) is 9.59. The Hall–Kier alpha value is -1.84. The predicted octanol–water partition coefficient (Wildman–Crippen LogP) is 0.634. The minimum atomic E-state index is -0.753. The second-order valence-electron chi connectivity index (χ2n) is 4.56. The third-order valence-corrected chi connectivity index (χ3v) is 3.71. The Labute approximate surface area is 99.6 Å². The predicted molar refractivity (Wildman–Crippen MR) is 62.1 cm³/mol. The zero-order chi connectivity index (χ0) is 11.9. The Morgan fingerprint density at radius 3 is 2.71 bits per heavy atom. The molecule has 2 saturated heterocycles. The first-order valence-electron chi connectivity index (χ1n) is 5.89. The normalized spacial score (nSPS) is 27.9. The van der Waals surface area contributed by atoms with E-state index in [2.05, 4.69) is 5.32 Å². The molecular weight excluding hydrogens is 216 g/mol. The molecule has 88 valence electrons. The Kier molecular flexibility index (Phi) is 2.18. The molecule has 1 aromatic rings. The van der Waals surface area contributed by atoms with Crippen LogP contribution in [-0.4, -0.2) is 29.8 Å². The molecule has 0 bridgehead atoms. The molecular formula is C13H14N2O2. The maximum absolute atomic E-state index is 12.2. The van der Waals surface area contributed by atoms with E-state index in [9.17, 15) is 9.59 Å². The molecule has 4 heteroatoms. The van der Waals surface area contributed by atoms with Gasteiger partial charge in [-0.15, -0.1) is 0 Å². The lowest BCUT2D eigenvalue weighted by Gasteiger charge is -2.41. The van der Waals surface area contributed by atoms with E-state index in [0.29, 0.717) is 13.0 Å². The molecule has 3 rings (SSSR count). The number of hydrogen-bond acceptors (Lipinski definition) is 2. The summed E-state index contributed by atoms with van der Waals surface area (Å²) in [5.74, 6) is -0.0215. The van der Waals surface area contributed by atoms with Crippen molar-refractivity contribution in [3.63, 3.8) is 0 Å². The minimum Gasteiger partial charge on any atom is -0.345 e. The minimum absolute atomic E-state index is 0.0194. The van der Waals surface area contributed by atoms with E-state index in [0.717, 1.165) is 12.0 Å². The standard InChI is InChI=1S/C13H14N2O2/c16-11-9-14-12(17)13(7-4-8-15(11)13)10-5-2-1-3-6-10/h1-3,5-6H,4,7-9H2,(H,14,17). The van der Waals surface area contributed by atoms with Crippen LogP contribution < -0.4 is 5.32 Å². The van der Waals surface area contributed by atoms with Crippen LogP contribution in [0.4, 0.5) is 0 Å². The zero-order valence-corrected chi connectivity index (χ0v) is 9.48. The topological polar surface area (TPSA) is 49.4 Å². The Bertz CT molecular complexity index is 472. The molecule has 0 aliphatic carbocycles. The smallest absolute Gasteiger partial charge is 0.251 e. The van der Waals surface area contributed by atoms with Gasteiger partial charge in [0.25, 0.3) is 5.91 Å². The molecule has 1 N–H and O–H groups in total. The van der Waals surface area contributed by atoms with Gasteiger partial charge in [0.1, 0.15) is 5.54 Å². The fraction of sp³-hybridized carbons (Fsp3) is 0.385. The summed E-state index contributed by atoms with van der Waals surface area (Å²) in [6.45, 7) is 0.814. The van der Waals surface area contributed by atoms with Crippen molar-refractivity contribution < 1.29 is 9.59 Å². The molecule has 17 heavy (non-hydrogen) atoms. The van der Waals surface area contributed by atoms with Crippen molar-refractivity contribution in [3.05, 3.63) is 35.9 Å². The van der Waals surface area contributed by atoms with Gasteiger partial charge in [-0.05, 0) is 18.4 Å². The molecule has 2 aliphatic rings. The average molecular weight is 230 g/mol. The highest BCUT2D eigenvalue weighted by Gasteiger charge is 2.53. The quantitative estimate of drug-likeness (QED) is 0.769. The monoisotopic (exact) mass is 230 g/mol. The number of benzene rings is 1. The van der Waals surface area contributed by atoms with Crippen molar-refractivity contribution in [2.75, 3.05) is 13.1 Å². The van der Waals surface area contributed by atoms with Gasteiger partial charge in [0.05, 0.1) is 6.54 Å². The van der Waals surface area contributed by atoms with Gasteiger partial charge in [-0.25, -0.2) is 0 Å². The molecule has 2 amide bonds. The maximum atomic E-state index is 12.2. The van der Waals surface area contributed by atoms with E-state index >= 15 is 0 Å². The number of nitrogens with zero attached hydrogens (tertiary/aromatic N) is 1. The van der Waals surface area contributed by atoms with Crippen molar-refractivity contribution in [3.8, 4) is 0 Å². The van der Waals surface area contributed by atoms with Crippen LogP contribution in [0.1, 0.15) is 18.4 Å². The number of fused-ring (bicyclic) bond motifs is 1. The first kappa shape index (κ1) is 10.3. The van der Waals surface area contributed by atoms with Crippen LogP contribution in [0.2, 0.25) is 0 Å². The van der Waals surface area contributed by atoms with E-state index in [1.807, 2.05) is 30.3 Å². The maximum Gasteiger partial charge on any atom is 0.251 e. The van der Waals surface area contributed by atoms with Crippen LogP contribution in [0.5, 0.6) is 0 Å². The molecule has 1 atom stereocenters. The molecule has 0 radical (unpaired) electrons. The first-order chi connectivity index (χ1) is 8.25. The summed E-state index contributed by atoms with van der Waals surface area (Å²) in [6.07, 6.45) is 1.60. The van der Waals surface area contributed by atoms with Crippen LogP contribution in [0, 0.1) is 0 Å². The van der Waals surface area contributed by atoms with Crippen molar-refractivity contribution in [1.29, 1.82) is 0 Å². The van der Waals surface area contributed by atoms with Gasteiger partial charge >= 0.3 is 0 Å². The summed E-state index contributed by atoms with van der Waals surface area (Å²) in [5, 5.41) is 2.71. The van der Waals surface area contributed by atoms with Gasteiger partial charge in [-0.1, -0.05) is 30.3 Å². The van der Waals surface area contributed by atoms with Crippen molar-refractivity contribution in [2.24, 2.45) is 0 Å². The number of carbonyl (C=O) groups excluding carboxylic acids is 2. The van der Waals surface area contributed by atoms with Crippen LogP contribution in [0.15, 0.2) is 30.3 Å². The second-order valence-corrected chi connectivity index (χ2v) is 4.56. The van der Waals surface area contributed by atoms with E-state index < -0.39 is 5.54 Å². The van der Waals surface area contributed by atoms with Crippen molar-refractivity contribution >= 4 is 11.8 Å². The molecule has 0 spiro atoms. The van der Waals surface area contributed by atoms with E-state index in [1.54, 1.807) is 4.90 Å². The Morgan fingerprint density at radius 1 is 1.18 bits per heavy atom. The van der Waals surface area contributed by atoms with E-state index in [1.165, 1.54) is 0 Å². The fourth-order valence-corrected chi connectivity index (χ4v) is 2.94. The summed E-state index contributed by atoms with van der Waals surface area (Å²) in [7, 11) is 0. The summed E-state index contributed by atoms with van der Waals surface area (Å²) >= 11 is 0. The van der Waals surface area contributed by atoms with E-state index in [4.69, 9.17) is 0 Å². The van der Waals surface area contributed by atoms with Gasteiger partial charge in [0.2, 0.25) is 5.91 Å². The molecule has 2 aliphatic heterocycles. The van der Waals surface area contributed by atoms with E-state index in [-0.39, 0.29) is 18.4 Å². The van der Waals surface area contributed by atoms with Crippen LogP contribution in [0.25, 0.3) is 0 Å². The second kappa shape index (κ2) is 3.58. The summed E-state index contributed by atoms with van der Waals surface area (Å²) in [5.41, 5.74) is 0.166. The summed E-state index contributed by atoms with van der Waals surface area (Å²) < 4.78 is 0. The lowest BCUT2D eigenvalue weighted by molar-refractivity contribution is -0.151. The van der Waals surface area contributed by atoms with Gasteiger partial charge in [-0.2, -0.15) is 0 Å². The molecule has 2 heterocycles. The molecule has 1 aromatic carbocycles. The third-order valence-electron chi connectivity index (χ3n) is 3.71. The van der Waals surface area contributed by atoms with Crippen molar-refractivity contribution in [1.82, 2.24) is 10.2 Å². The highest BCUT2D eigenvalue weighted by molar-refractivity contribution is 5.99. The third kappa shape index (κ3) is 1.30. The number of amides is 2. The van der Waals surface area contributed by atoms with Crippen LogP contribution >= 0.6 is 0 Å². The number of carbonyl (C=O) groups is 2. The number of hydrogen-bond donors (Lipinski definition) is 1. The molecule has 1 unspecified atom stereocenters. The zero-order valence-electron chi connectivity index (χ0n) is 9.48.